The van der Waals surface area contributed by atoms with Gasteiger partial charge in [-0.25, -0.2) is 0 Å². The van der Waals surface area contributed by atoms with E-state index in [9.17, 15) is 13.2 Å². The first-order chi connectivity index (χ1) is 13.9. The Bertz CT molecular complexity index is 1050. The van der Waals surface area contributed by atoms with E-state index in [-0.39, 0.29) is 40.1 Å². The lowest BCUT2D eigenvalue weighted by atomic mass is 9.89. The largest absolute Gasteiger partial charge is 0.378 e. The van der Waals surface area contributed by atoms with E-state index < -0.39 is 10.1 Å². The minimum absolute atomic E-state index is 0.0118. The fraction of sp³-hybridized carbons (Fsp3) is 0.480. The minimum Gasteiger partial charge on any atom is -0.378 e. The first kappa shape index (κ1) is 22.5. The molecule has 1 atom stereocenters. The van der Waals surface area contributed by atoms with Crippen molar-refractivity contribution in [2.75, 3.05) is 0 Å². The maximum Gasteiger partial charge on any atom is 0.339 e. The third-order valence-corrected chi connectivity index (χ3v) is 7.23. The molecule has 0 radical (unpaired) electrons. The number of carbonyl (C=O) groups is 1. The molecule has 0 aliphatic heterocycles. The lowest BCUT2D eigenvalue weighted by molar-refractivity contribution is 0.0945. The lowest BCUT2D eigenvalue weighted by Crippen LogP contribution is -2.18. The molecule has 0 aromatic heterocycles. The summed E-state index contributed by atoms with van der Waals surface area (Å²) in [5.41, 5.74) is 3.90. The molecule has 2 aromatic rings. The van der Waals surface area contributed by atoms with Crippen LogP contribution in [0.5, 0.6) is 5.75 Å². The summed E-state index contributed by atoms with van der Waals surface area (Å²) in [6.07, 6.45) is 0.614. The van der Waals surface area contributed by atoms with Crippen LogP contribution < -0.4 is 4.18 Å². The monoisotopic (exact) mass is 428 g/mol. The Balaban J connectivity index is 2.19. The molecule has 5 heteroatoms. The summed E-state index contributed by atoms with van der Waals surface area (Å²) in [5, 5.41) is 0. The second kappa shape index (κ2) is 8.18. The smallest absolute Gasteiger partial charge is 0.339 e. The summed E-state index contributed by atoms with van der Waals surface area (Å²) in [6, 6.07) is 9.18. The van der Waals surface area contributed by atoms with Crippen molar-refractivity contribution in [1.82, 2.24) is 0 Å². The van der Waals surface area contributed by atoms with E-state index in [1.165, 1.54) is 0 Å². The van der Waals surface area contributed by atoms with Crippen molar-refractivity contribution in [1.29, 1.82) is 0 Å². The van der Waals surface area contributed by atoms with E-state index in [1.54, 1.807) is 12.1 Å². The quantitative estimate of drug-likeness (QED) is 0.514. The van der Waals surface area contributed by atoms with E-state index in [1.807, 2.05) is 52.8 Å². The Kier molecular flexibility index (Phi) is 6.15. The number of carbonyl (C=O) groups excluding carboxylic acids is 1. The maximum atomic E-state index is 13.6. The molecule has 0 fully saturated rings. The number of Topliss-reactive ketones (excluding diaryl/α,β-unsaturated/α-hetero) is 1. The Labute approximate surface area is 180 Å². The maximum absolute atomic E-state index is 13.6. The van der Waals surface area contributed by atoms with Crippen molar-refractivity contribution < 1.29 is 17.4 Å². The molecule has 0 heterocycles. The van der Waals surface area contributed by atoms with Gasteiger partial charge < -0.3 is 4.18 Å². The van der Waals surface area contributed by atoms with Gasteiger partial charge in [0.15, 0.2) is 11.5 Å². The van der Waals surface area contributed by atoms with Crippen LogP contribution in [0, 0.1) is 5.92 Å². The highest BCUT2D eigenvalue weighted by atomic mass is 32.2. The Morgan fingerprint density at radius 2 is 1.50 bits per heavy atom. The molecule has 1 aliphatic carbocycles. The van der Waals surface area contributed by atoms with Crippen molar-refractivity contribution >= 4 is 15.9 Å². The predicted octanol–water partition coefficient (Wildman–Crippen LogP) is 6.20. The van der Waals surface area contributed by atoms with Crippen LogP contribution in [0.25, 0.3) is 0 Å². The number of ketones is 1. The third-order valence-electron chi connectivity index (χ3n) is 5.86. The summed E-state index contributed by atoms with van der Waals surface area (Å²) in [7, 11) is -4.12. The molecule has 0 amide bonds. The molecule has 0 saturated heterocycles. The average molecular weight is 429 g/mol. The van der Waals surface area contributed by atoms with Crippen LogP contribution in [0.15, 0.2) is 35.2 Å². The van der Waals surface area contributed by atoms with Gasteiger partial charge in [-0.2, -0.15) is 8.42 Å². The van der Waals surface area contributed by atoms with Gasteiger partial charge in [-0.3, -0.25) is 4.79 Å². The van der Waals surface area contributed by atoms with Crippen LogP contribution in [-0.2, 0) is 16.5 Å². The summed E-state index contributed by atoms with van der Waals surface area (Å²) in [5.74, 6) is 0.234. The van der Waals surface area contributed by atoms with Gasteiger partial charge in [-0.15, -0.1) is 0 Å². The summed E-state index contributed by atoms with van der Waals surface area (Å²) < 4.78 is 32.9. The highest BCUT2D eigenvalue weighted by molar-refractivity contribution is 7.87. The van der Waals surface area contributed by atoms with Gasteiger partial charge >= 0.3 is 10.1 Å². The molecule has 0 bridgehead atoms. The zero-order valence-corrected chi connectivity index (χ0v) is 19.8. The van der Waals surface area contributed by atoms with Gasteiger partial charge in [0.05, 0.1) is 5.56 Å². The zero-order valence-electron chi connectivity index (χ0n) is 18.9. The lowest BCUT2D eigenvalue weighted by Gasteiger charge is -2.23. The van der Waals surface area contributed by atoms with Crippen molar-refractivity contribution in [3.05, 3.63) is 58.1 Å². The molecule has 4 nitrogen and oxygen atoms in total. The standard InChI is InChI=1S/C25H32O4S/c1-14(2)19-12-20(15(3)4)25(21(13-19)16(5)6)30(27,28)29-22-10-8-9-18-11-17(7)24(26)23(18)22/h8-10,12-17H,11H2,1-7H3. The van der Waals surface area contributed by atoms with Gasteiger partial charge in [0, 0.05) is 5.92 Å². The number of rotatable bonds is 6. The first-order valence-corrected chi connectivity index (χ1v) is 12.1. The van der Waals surface area contributed by atoms with Crippen LogP contribution in [0.4, 0.5) is 0 Å². The first-order valence-electron chi connectivity index (χ1n) is 10.7. The van der Waals surface area contributed by atoms with Crippen LogP contribution in [0.3, 0.4) is 0 Å². The summed E-state index contributed by atoms with van der Waals surface area (Å²) >= 11 is 0. The molecule has 1 unspecified atom stereocenters. The highest BCUT2D eigenvalue weighted by Gasteiger charge is 2.34. The van der Waals surface area contributed by atoms with Gasteiger partial charge in [-0.1, -0.05) is 72.7 Å². The van der Waals surface area contributed by atoms with Crippen molar-refractivity contribution in [2.24, 2.45) is 5.92 Å². The van der Waals surface area contributed by atoms with E-state index in [2.05, 4.69) is 13.8 Å². The van der Waals surface area contributed by atoms with Crippen molar-refractivity contribution in [3.63, 3.8) is 0 Å². The van der Waals surface area contributed by atoms with E-state index >= 15 is 0 Å². The molecule has 0 saturated carbocycles. The second-order valence-electron chi connectivity index (χ2n) is 9.29. The normalized spacial score (nSPS) is 16.6. The fourth-order valence-corrected chi connectivity index (χ4v) is 5.73. The molecule has 162 valence electrons. The predicted molar refractivity (Wildman–Crippen MR) is 120 cm³/mol. The SMILES string of the molecule is CC1Cc2cccc(OS(=O)(=O)c3c(C(C)C)cc(C(C)C)cc3C(C)C)c2C1=O. The van der Waals surface area contributed by atoms with E-state index in [0.29, 0.717) is 12.0 Å². The van der Waals surface area contributed by atoms with E-state index in [0.717, 1.165) is 22.3 Å². The zero-order chi connectivity index (χ0) is 22.4. The van der Waals surface area contributed by atoms with Crippen LogP contribution >= 0.6 is 0 Å². The Morgan fingerprint density at radius 3 is 2.00 bits per heavy atom. The minimum atomic E-state index is -4.12. The van der Waals surface area contributed by atoms with Crippen LogP contribution in [0.2, 0.25) is 0 Å². The Hall–Kier alpha value is -2.14. The van der Waals surface area contributed by atoms with Crippen molar-refractivity contribution in [2.45, 2.75) is 77.5 Å². The number of fused-ring (bicyclic) bond motifs is 1. The molecular weight excluding hydrogens is 396 g/mol. The van der Waals surface area contributed by atoms with Crippen LogP contribution in [0.1, 0.15) is 98.8 Å². The molecule has 2 aromatic carbocycles. The summed E-state index contributed by atoms with van der Waals surface area (Å²) in [4.78, 5) is 12.9. The topological polar surface area (TPSA) is 60.4 Å². The third kappa shape index (κ3) is 4.04. The number of hydrogen-bond acceptors (Lipinski definition) is 4. The molecule has 0 spiro atoms. The highest BCUT2D eigenvalue weighted by Crippen LogP contribution is 2.39. The molecule has 30 heavy (non-hydrogen) atoms. The molecule has 1 aliphatic rings. The second-order valence-corrected chi connectivity index (χ2v) is 10.8. The summed E-state index contributed by atoms with van der Waals surface area (Å²) in [6.45, 7) is 14.0. The van der Waals surface area contributed by atoms with Gasteiger partial charge in [0.1, 0.15) is 4.90 Å². The van der Waals surface area contributed by atoms with Gasteiger partial charge in [0.2, 0.25) is 0 Å². The number of benzene rings is 2. The molecule has 3 rings (SSSR count). The molecule has 0 N–H and O–H groups in total. The average Bonchev–Trinajstić information content (AvgIpc) is 2.95. The van der Waals surface area contributed by atoms with Gasteiger partial charge in [-0.05, 0) is 52.5 Å². The molecular formula is C25H32O4S. The van der Waals surface area contributed by atoms with Crippen LogP contribution in [-0.4, -0.2) is 14.2 Å². The van der Waals surface area contributed by atoms with Gasteiger partial charge in [0.25, 0.3) is 0 Å². The van der Waals surface area contributed by atoms with E-state index in [4.69, 9.17) is 4.18 Å². The van der Waals surface area contributed by atoms with Crippen molar-refractivity contribution in [3.8, 4) is 5.75 Å². The fourth-order valence-electron chi connectivity index (χ4n) is 4.10. The Morgan fingerprint density at radius 1 is 0.933 bits per heavy atom. The number of hydrogen-bond donors (Lipinski definition) is 0.